The van der Waals surface area contributed by atoms with E-state index in [4.69, 9.17) is 0 Å². The van der Waals surface area contributed by atoms with Crippen molar-refractivity contribution >= 4 is 45.5 Å². The quantitative estimate of drug-likeness (QED) is 0.177. The number of nitrogens with one attached hydrogen (secondary N) is 6. The van der Waals surface area contributed by atoms with Crippen LogP contribution in [0.3, 0.4) is 0 Å². The molecular weight excluding hydrogens is 541 g/mol. The fraction of sp³-hybridized carbons (Fsp3) is 0.750. The van der Waals surface area contributed by atoms with Gasteiger partial charge in [0, 0.05) is 18.4 Å². The number of alkyl halides is 4. The fourth-order valence-corrected chi connectivity index (χ4v) is 2.73. The average molecular weight is 575 g/mol. The molecule has 6 N–H and O–H groups in total. The van der Waals surface area contributed by atoms with E-state index in [1.807, 2.05) is 0 Å². The maximum absolute atomic E-state index is 12.0. The first-order valence-electron chi connectivity index (χ1n) is 11.0. The smallest absolute Gasteiger partial charge is 0.354 e. The van der Waals surface area contributed by atoms with E-state index >= 15 is 0 Å². The van der Waals surface area contributed by atoms with Crippen LogP contribution < -0.4 is 31.9 Å². The third-order valence-electron chi connectivity index (χ3n) is 4.61. The van der Waals surface area contributed by atoms with E-state index in [0.717, 1.165) is 19.9 Å². The van der Waals surface area contributed by atoms with E-state index in [1.54, 1.807) is 13.8 Å². The Labute approximate surface area is 210 Å². The molecule has 0 aromatic heterocycles. The maximum Gasteiger partial charge on any atom is 0.471 e. The van der Waals surface area contributed by atoms with Gasteiger partial charge in [-0.05, 0) is 47.1 Å². The lowest BCUT2D eigenvalue weighted by Crippen LogP contribution is -2.53. The van der Waals surface area contributed by atoms with Crippen molar-refractivity contribution in [3.05, 3.63) is 0 Å². The Balaban J connectivity index is 0.000000712. The van der Waals surface area contributed by atoms with Crippen LogP contribution in [0, 0.1) is 0 Å². The predicted octanol–water partition coefficient (Wildman–Crippen LogP) is -0.552. The molecule has 1 saturated heterocycles. The first-order chi connectivity index (χ1) is 16.2. The molecule has 11 nitrogen and oxygen atoms in total. The first kappa shape index (κ1) is 32.6. The number of hydrogen-bond acceptors (Lipinski definition) is 6. The molecule has 0 aromatic rings. The minimum absolute atomic E-state index is 0.118. The van der Waals surface area contributed by atoms with Crippen LogP contribution in [0.15, 0.2) is 0 Å². The van der Waals surface area contributed by atoms with Crippen molar-refractivity contribution in [2.45, 2.75) is 70.9 Å². The standard InChI is InChI=1S/C11H17BrF3N3O3.C9H17N3O2/c1-6(8(19)16-5-3-4-12)17-9(20)7(2)18-10(21)11(13,14)15;1-6-9(14)12-7(2)8(13)11-5-3-4-10-6/h6-7H,3-5H2,1-2H3,(H,16,19)(H,17,20)(H,18,21);6-7,10H,3-5H2,1-2H3,(H,11,13)(H,12,14)/t2*6-,7-/m00/s1. The summed E-state index contributed by atoms with van der Waals surface area (Å²) in [7, 11) is 0. The summed E-state index contributed by atoms with van der Waals surface area (Å²) >= 11 is 3.18. The van der Waals surface area contributed by atoms with Crippen LogP contribution >= 0.6 is 15.9 Å². The normalized spacial score (nSPS) is 20.6. The summed E-state index contributed by atoms with van der Waals surface area (Å²) in [6.07, 6.45) is -3.52. The van der Waals surface area contributed by atoms with E-state index < -0.39 is 42.0 Å². The van der Waals surface area contributed by atoms with Crippen LogP contribution in [0.5, 0.6) is 0 Å². The van der Waals surface area contributed by atoms with Gasteiger partial charge in [0.2, 0.25) is 23.6 Å². The highest BCUT2D eigenvalue weighted by Crippen LogP contribution is 2.14. The lowest BCUT2D eigenvalue weighted by Gasteiger charge is -2.20. The Kier molecular flexibility index (Phi) is 15.2. The van der Waals surface area contributed by atoms with Crippen molar-refractivity contribution in [2.24, 2.45) is 0 Å². The predicted molar refractivity (Wildman–Crippen MR) is 125 cm³/mol. The van der Waals surface area contributed by atoms with Gasteiger partial charge in [-0.15, -0.1) is 0 Å². The molecule has 1 aliphatic heterocycles. The maximum atomic E-state index is 12.0. The van der Waals surface area contributed by atoms with Gasteiger partial charge in [0.1, 0.15) is 18.1 Å². The topological polar surface area (TPSA) is 158 Å². The second kappa shape index (κ2) is 16.3. The summed E-state index contributed by atoms with van der Waals surface area (Å²) in [6.45, 7) is 7.75. The molecule has 0 aromatic carbocycles. The minimum atomic E-state index is -5.06. The van der Waals surface area contributed by atoms with E-state index in [2.05, 4.69) is 42.5 Å². The highest BCUT2D eigenvalue weighted by molar-refractivity contribution is 9.09. The van der Waals surface area contributed by atoms with Crippen LogP contribution in [0.2, 0.25) is 0 Å². The number of rotatable bonds is 7. The largest absolute Gasteiger partial charge is 0.471 e. The molecule has 0 saturated carbocycles. The summed E-state index contributed by atoms with van der Waals surface area (Å²) in [4.78, 5) is 56.6. The van der Waals surface area contributed by atoms with Crippen molar-refractivity contribution in [3.8, 4) is 0 Å². The van der Waals surface area contributed by atoms with E-state index in [-0.39, 0.29) is 17.9 Å². The van der Waals surface area contributed by atoms with Crippen LogP contribution in [0.25, 0.3) is 0 Å². The highest BCUT2D eigenvalue weighted by Gasteiger charge is 2.40. The molecule has 1 fully saturated rings. The number of hydrogen-bond donors (Lipinski definition) is 6. The molecule has 1 rings (SSSR count). The summed E-state index contributed by atoms with van der Waals surface area (Å²) in [5.41, 5.74) is 0. The molecule has 0 aliphatic carbocycles. The number of halogens is 4. The minimum Gasteiger partial charge on any atom is -0.354 e. The third kappa shape index (κ3) is 13.9. The Morgan fingerprint density at radius 3 is 2.17 bits per heavy atom. The fourth-order valence-electron chi connectivity index (χ4n) is 2.45. The van der Waals surface area contributed by atoms with Gasteiger partial charge in [0.15, 0.2) is 0 Å². The average Bonchev–Trinajstić information content (AvgIpc) is 2.77. The Morgan fingerprint density at radius 2 is 1.60 bits per heavy atom. The SMILES string of the molecule is C[C@@H]1NCCCNC(=O)[C@H](C)NC1=O.C[C@H](NC(=O)[C@H](C)NC(=O)C(F)(F)F)C(=O)NCCCBr. The zero-order chi connectivity index (χ0) is 27.2. The second-order valence-electron chi connectivity index (χ2n) is 7.81. The lowest BCUT2D eigenvalue weighted by atomic mass is 10.2. The van der Waals surface area contributed by atoms with Gasteiger partial charge in [-0.1, -0.05) is 15.9 Å². The molecular formula is C20H34BrF3N6O5. The van der Waals surface area contributed by atoms with Gasteiger partial charge in [-0.2, -0.15) is 13.2 Å². The number of carbonyl (C=O) groups excluding carboxylic acids is 5. The zero-order valence-corrected chi connectivity index (χ0v) is 21.7. The second-order valence-corrected chi connectivity index (χ2v) is 8.60. The zero-order valence-electron chi connectivity index (χ0n) is 20.1. The van der Waals surface area contributed by atoms with Gasteiger partial charge >= 0.3 is 12.1 Å². The molecule has 15 heteroatoms. The van der Waals surface area contributed by atoms with Crippen molar-refractivity contribution < 1.29 is 37.1 Å². The van der Waals surface area contributed by atoms with Crippen molar-refractivity contribution in [1.82, 2.24) is 31.9 Å². The molecule has 0 spiro atoms. The third-order valence-corrected chi connectivity index (χ3v) is 5.17. The van der Waals surface area contributed by atoms with E-state index in [1.165, 1.54) is 12.2 Å². The molecule has 0 bridgehead atoms. The molecule has 4 atom stereocenters. The van der Waals surface area contributed by atoms with Gasteiger partial charge < -0.3 is 31.9 Å². The van der Waals surface area contributed by atoms with Crippen LogP contribution in [0.4, 0.5) is 13.2 Å². The van der Waals surface area contributed by atoms with Crippen LogP contribution in [-0.2, 0) is 24.0 Å². The molecule has 1 heterocycles. The Morgan fingerprint density at radius 1 is 1.00 bits per heavy atom. The van der Waals surface area contributed by atoms with Crippen molar-refractivity contribution in [2.75, 3.05) is 25.0 Å². The summed E-state index contributed by atoms with van der Waals surface area (Å²) in [5, 5.41) is 15.4. The molecule has 0 radical (unpaired) electrons. The Hall–Kier alpha value is -2.42. The number of carbonyl (C=O) groups is 5. The molecule has 0 unspecified atom stereocenters. The molecule has 202 valence electrons. The molecule has 5 amide bonds. The lowest BCUT2D eigenvalue weighted by molar-refractivity contribution is -0.174. The van der Waals surface area contributed by atoms with Crippen LogP contribution in [-0.4, -0.2) is 84.8 Å². The van der Waals surface area contributed by atoms with Crippen molar-refractivity contribution in [3.63, 3.8) is 0 Å². The summed E-state index contributed by atoms with van der Waals surface area (Å²) in [6, 6.07) is -3.01. The number of amides is 5. The van der Waals surface area contributed by atoms with Crippen molar-refractivity contribution in [1.29, 1.82) is 0 Å². The van der Waals surface area contributed by atoms with E-state index in [9.17, 15) is 37.1 Å². The molecule has 35 heavy (non-hydrogen) atoms. The van der Waals surface area contributed by atoms with E-state index in [0.29, 0.717) is 24.8 Å². The first-order valence-corrected chi connectivity index (χ1v) is 12.2. The van der Waals surface area contributed by atoms with Gasteiger partial charge in [-0.25, -0.2) is 0 Å². The van der Waals surface area contributed by atoms with Gasteiger partial charge in [-0.3, -0.25) is 24.0 Å². The summed E-state index contributed by atoms with van der Waals surface area (Å²) in [5.74, 6) is -3.80. The summed E-state index contributed by atoms with van der Waals surface area (Å²) < 4.78 is 36.1. The molecule has 1 aliphatic rings. The highest BCUT2D eigenvalue weighted by atomic mass is 79.9. The van der Waals surface area contributed by atoms with Crippen LogP contribution in [0.1, 0.15) is 40.5 Å². The van der Waals surface area contributed by atoms with Gasteiger partial charge in [0.25, 0.3) is 0 Å². The van der Waals surface area contributed by atoms with Gasteiger partial charge in [0.05, 0.1) is 6.04 Å². The monoisotopic (exact) mass is 574 g/mol. The Bertz CT molecular complexity index is 741.